The summed E-state index contributed by atoms with van der Waals surface area (Å²) in [5.41, 5.74) is 1.11. The summed E-state index contributed by atoms with van der Waals surface area (Å²) in [4.78, 5) is 23.8. The van der Waals surface area contributed by atoms with E-state index in [1.165, 1.54) is 12.3 Å². The first-order chi connectivity index (χ1) is 11.0. The Bertz CT molecular complexity index is 711. The van der Waals surface area contributed by atoms with Gasteiger partial charge in [0.2, 0.25) is 0 Å². The van der Waals surface area contributed by atoms with Crippen LogP contribution in [0.3, 0.4) is 0 Å². The minimum absolute atomic E-state index is 0.0489. The lowest BCUT2D eigenvalue weighted by Gasteiger charge is -2.11. The summed E-state index contributed by atoms with van der Waals surface area (Å²) in [7, 11) is 0. The first kappa shape index (κ1) is 16.7. The van der Waals surface area contributed by atoms with E-state index in [0.29, 0.717) is 11.3 Å². The van der Waals surface area contributed by atoms with Crippen LogP contribution in [0.5, 0.6) is 0 Å². The number of amides is 2. The number of furan rings is 1. The molecule has 0 bridgehead atoms. The van der Waals surface area contributed by atoms with Gasteiger partial charge in [-0.1, -0.05) is 6.07 Å². The molecule has 0 aliphatic rings. The maximum absolute atomic E-state index is 12.0. The molecule has 0 radical (unpaired) electrons. The van der Waals surface area contributed by atoms with Crippen molar-refractivity contribution < 1.29 is 14.0 Å². The first-order valence-corrected chi connectivity index (χ1v) is 7.43. The van der Waals surface area contributed by atoms with E-state index in [9.17, 15) is 9.59 Å². The molecular weight excluding hydrogens is 314 g/mol. The van der Waals surface area contributed by atoms with Crippen molar-refractivity contribution in [3.8, 4) is 0 Å². The Balaban J connectivity index is 1.98. The third-order valence-electron chi connectivity index (χ3n) is 2.77. The molecule has 1 aromatic heterocycles. The average molecular weight is 331 g/mol. The largest absolute Gasteiger partial charge is 0.459 e. The van der Waals surface area contributed by atoms with Gasteiger partial charge in [0.1, 0.15) is 0 Å². The Morgan fingerprint density at radius 3 is 2.57 bits per heavy atom. The normalized spacial score (nSPS) is 10.2. The lowest BCUT2D eigenvalue weighted by molar-refractivity contribution is 0.0937. The second-order valence-corrected chi connectivity index (χ2v) is 5.50. The molecule has 3 N–H and O–H groups in total. The van der Waals surface area contributed by atoms with E-state index >= 15 is 0 Å². The molecule has 0 saturated carbocycles. The topological polar surface area (TPSA) is 83.4 Å². The predicted molar refractivity (Wildman–Crippen MR) is 91.4 cm³/mol. The summed E-state index contributed by atoms with van der Waals surface area (Å²) in [6.45, 7) is 3.78. The van der Waals surface area contributed by atoms with E-state index in [4.69, 9.17) is 16.6 Å². The van der Waals surface area contributed by atoms with Gasteiger partial charge in [0.05, 0.1) is 6.26 Å². The lowest BCUT2D eigenvalue weighted by Crippen LogP contribution is -2.34. The number of thiocarbonyl (C=S) groups is 1. The van der Waals surface area contributed by atoms with Crippen LogP contribution in [0.4, 0.5) is 5.69 Å². The average Bonchev–Trinajstić information content (AvgIpc) is 3.01. The Hall–Kier alpha value is -2.67. The highest BCUT2D eigenvalue weighted by atomic mass is 32.1. The van der Waals surface area contributed by atoms with E-state index in [2.05, 4.69) is 16.0 Å². The highest BCUT2D eigenvalue weighted by molar-refractivity contribution is 7.80. The second kappa shape index (κ2) is 7.55. The molecule has 0 atom stereocenters. The van der Waals surface area contributed by atoms with Gasteiger partial charge in [-0.05, 0) is 56.4 Å². The van der Waals surface area contributed by atoms with E-state index in [0.717, 1.165) is 0 Å². The third-order valence-corrected chi connectivity index (χ3v) is 2.98. The molecule has 0 aliphatic carbocycles. The quantitative estimate of drug-likeness (QED) is 0.750. The number of rotatable bonds is 4. The van der Waals surface area contributed by atoms with E-state index in [-0.39, 0.29) is 22.8 Å². The van der Waals surface area contributed by atoms with Crippen molar-refractivity contribution in [2.45, 2.75) is 19.9 Å². The van der Waals surface area contributed by atoms with Gasteiger partial charge in [-0.3, -0.25) is 14.9 Å². The standard InChI is InChI=1S/C16H17N3O3S/c1-10(2)17-14(20)11-5-3-6-12(9-11)18-16(23)19-15(21)13-7-4-8-22-13/h3-10H,1-2H3,(H,17,20)(H2,18,19,21,23). The Kier molecular flexibility index (Phi) is 5.48. The van der Waals surface area contributed by atoms with Gasteiger partial charge < -0.3 is 15.1 Å². The van der Waals surface area contributed by atoms with Gasteiger partial charge in [0.15, 0.2) is 10.9 Å². The minimum Gasteiger partial charge on any atom is -0.459 e. The highest BCUT2D eigenvalue weighted by Gasteiger charge is 2.11. The number of carbonyl (C=O) groups excluding carboxylic acids is 2. The zero-order valence-corrected chi connectivity index (χ0v) is 13.6. The fourth-order valence-electron chi connectivity index (χ4n) is 1.82. The van der Waals surface area contributed by atoms with Crippen LogP contribution in [0, 0.1) is 0 Å². The van der Waals surface area contributed by atoms with Crippen molar-refractivity contribution in [3.63, 3.8) is 0 Å². The number of hydrogen-bond donors (Lipinski definition) is 3. The minimum atomic E-state index is -0.443. The number of hydrogen-bond acceptors (Lipinski definition) is 4. The first-order valence-electron chi connectivity index (χ1n) is 7.02. The van der Waals surface area contributed by atoms with Crippen LogP contribution >= 0.6 is 12.2 Å². The summed E-state index contributed by atoms with van der Waals surface area (Å²) in [5, 5.41) is 8.29. The van der Waals surface area contributed by atoms with Gasteiger partial charge in [-0.25, -0.2) is 0 Å². The van der Waals surface area contributed by atoms with E-state index in [1.54, 1.807) is 30.3 Å². The molecule has 1 aromatic carbocycles. The van der Waals surface area contributed by atoms with Gasteiger partial charge in [-0.2, -0.15) is 0 Å². The molecule has 2 amide bonds. The Labute approximate surface area is 139 Å². The maximum Gasteiger partial charge on any atom is 0.293 e. The van der Waals surface area contributed by atoms with Crippen molar-refractivity contribution in [2.75, 3.05) is 5.32 Å². The molecule has 0 saturated heterocycles. The van der Waals surface area contributed by atoms with Crippen LogP contribution in [0.25, 0.3) is 0 Å². The molecular formula is C16H17N3O3S. The molecule has 2 rings (SSSR count). The molecule has 0 aliphatic heterocycles. The fourth-order valence-corrected chi connectivity index (χ4v) is 2.03. The second-order valence-electron chi connectivity index (χ2n) is 5.09. The highest BCUT2D eigenvalue weighted by Crippen LogP contribution is 2.11. The van der Waals surface area contributed by atoms with Crippen molar-refractivity contribution in [2.24, 2.45) is 0 Å². The molecule has 2 aromatic rings. The Morgan fingerprint density at radius 2 is 1.91 bits per heavy atom. The van der Waals surface area contributed by atoms with Crippen molar-refractivity contribution >= 4 is 34.8 Å². The van der Waals surface area contributed by atoms with Crippen LogP contribution in [-0.2, 0) is 0 Å². The van der Waals surface area contributed by atoms with Crippen LogP contribution in [0.1, 0.15) is 34.8 Å². The van der Waals surface area contributed by atoms with Crippen molar-refractivity contribution in [3.05, 3.63) is 54.0 Å². The van der Waals surface area contributed by atoms with Crippen LogP contribution in [0.2, 0.25) is 0 Å². The van der Waals surface area contributed by atoms with Crippen molar-refractivity contribution in [1.82, 2.24) is 10.6 Å². The van der Waals surface area contributed by atoms with E-state index < -0.39 is 5.91 Å². The monoisotopic (exact) mass is 331 g/mol. The number of benzene rings is 1. The molecule has 0 fully saturated rings. The van der Waals surface area contributed by atoms with Crippen molar-refractivity contribution in [1.29, 1.82) is 0 Å². The molecule has 6 nitrogen and oxygen atoms in total. The number of carbonyl (C=O) groups is 2. The summed E-state index contributed by atoms with van der Waals surface area (Å²) >= 11 is 5.08. The zero-order valence-electron chi connectivity index (χ0n) is 12.8. The molecule has 7 heteroatoms. The third kappa shape index (κ3) is 4.93. The van der Waals surface area contributed by atoms with Gasteiger partial charge >= 0.3 is 0 Å². The Morgan fingerprint density at radius 1 is 1.13 bits per heavy atom. The molecule has 1 heterocycles. The summed E-state index contributed by atoms with van der Waals surface area (Å²) < 4.78 is 4.98. The molecule has 0 unspecified atom stereocenters. The summed E-state index contributed by atoms with van der Waals surface area (Å²) in [6, 6.07) is 10.0. The molecule has 23 heavy (non-hydrogen) atoms. The van der Waals surface area contributed by atoms with Gasteiger partial charge in [0.25, 0.3) is 11.8 Å². The predicted octanol–water partition coefficient (Wildman–Crippen LogP) is 2.54. The van der Waals surface area contributed by atoms with Crippen LogP contribution in [0.15, 0.2) is 47.1 Å². The fraction of sp³-hybridized carbons (Fsp3) is 0.188. The smallest absolute Gasteiger partial charge is 0.293 e. The summed E-state index contributed by atoms with van der Waals surface area (Å²) in [5.74, 6) is -0.449. The molecule has 0 spiro atoms. The van der Waals surface area contributed by atoms with Gasteiger partial charge in [-0.15, -0.1) is 0 Å². The lowest BCUT2D eigenvalue weighted by atomic mass is 10.2. The van der Waals surface area contributed by atoms with E-state index in [1.807, 2.05) is 13.8 Å². The summed E-state index contributed by atoms with van der Waals surface area (Å²) in [6.07, 6.45) is 1.40. The maximum atomic E-state index is 12.0. The van der Waals surface area contributed by atoms with Crippen LogP contribution in [-0.4, -0.2) is 23.0 Å². The number of nitrogens with one attached hydrogen (secondary N) is 3. The van der Waals surface area contributed by atoms with Gasteiger partial charge in [0, 0.05) is 17.3 Å². The SMILES string of the molecule is CC(C)NC(=O)c1cccc(NC(=S)NC(=O)c2ccco2)c1. The van der Waals surface area contributed by atoms with Crippen LogP contribution < -0.4 is 16.0 Å². The molecule has 120 valence electrons. The number of anilines is 1. The zero-order chi connectivity index (χ0) is 16.8.